The number of hydrogen-bond acceptors (Lipinski definition) is 3. The highest BCUT2D eigenvalue weighted by molar-refractivity contribution is 5.85. The molecule has 0 aliphatic heterocycles. The molecule has 2 N–H and O–H groups in total. The Morgan fingerprint density at radius 2 is 2.20 bits per heavy atom. The molecule has 10 heavy (non-hydrogen) atoms. The first kappa shape index (κ1) is 9.72. The van der Waals surface area contributed by atoms with Crippen LogP contribution in [0.2, 0.25) is 0 Å². The molecular formula is C6H12ClNO2. The van der Waals surface area contributed by atoms with Gasteiger partial charge in [0.1, 0.15) is 6.10 Å². The maximum absolute atomic E-state index is 9.80. The highest BCUT2D eigenvalue weighted by atomic mass is 35.5. The van der Waals surface area contributed by atoms with E-state index >= 15 is 0 Å². The molecule has 3 nitrogen and oxygen atoms in total. The Hall–Kier alpha value is -0.280. The summed E-state index contributed by atoms with van der Waals surface area (Å²) in [6.45, 7) is 0.503. The largest absolute Gasteiger partial charge is 0.465 e. The Balaban J connectivity index is 0.000000810. The Kier molecular flexibility index (Phi) is 4.40. The summed E-state index contributed by atoms with van der Waals surface area (Å²) in [5.74, 6) is 0. The molecule has 4 heteroatoms. The van der Waals surface area contributed by atoms with Crippen LogP contribution in [0.4, 0.5) is 0 Å². The predicted octanol–water partition coefficient (Wildman–Crippen LogP) is 0.461. The summed E-state index contributed by atoms with van der Waals surface area (Å²) in [5.41, 5.74) is 5.56. The van der Waals surface area contributed by atoms with Gasteiger partial charge in [-0.25, -0.2) is 0 Å². The first-order valence-corrected chi connectivity index (χ1v) is 3.17. The van der Waals surface area contributed by atoms with Crippen LogP contribution in [0.3, 0.4) is 0 Å². The minimum atomic E-state index is 0. The minimum Gasteiger partial charge on any atom is -0.465 e. The summed E-state index contributed by atoms with van der Waals surface area (Å²) in [6.07, 6.45) is 2.84. The molecular weight excluding hydrogens is 154 g/mol. The van der Waals surface area contributed by atoms with Crippen LogP contribution in [0.1, 0.15) is 19.3 Å². The van der Waals surface area contributed by atoms with Crippen LogP contribution in [0.25, 0.3) is 0 Å². The number of carbonyl (C=O) groups excluding carboxylic acids is 1. The molecule has 0 aromatic heterocycles. The molecule has 0 radical (unpaired) electrons. The molecule has 0 heterocycles. The highest BCUT2D eigenvalue weighted by Gasteiger charge is 2.22. The van der Waals surface area contributed by atoms with E-state index in [0.717, 1.165) is 19.3 Å². The van der Waals surface area contributed by atoms with E-state index in [1.807, 2.05) is 0 Å². The molecule has 2 unspecified atom stereocenters. The van der Waals surface area contributed by atoms with Crippen molar-refractivity contribution in [2.75, 3.05) is 0 Å². The van der Waals surface area contributed by atoms with Gasteiger partial charge in [0, 0.05) is 6.04 Å². The van der Waals surface area contributed by atoms with Crippen LogP contribution in [0.15, 0.2) is 0 Å². The second-order valence-corrected chi connectivity index (χ2v) is 2.43. The first-order chi connectivity index (χ1) is 4.33. The van der Waals surface area contributed by atoms with Crippen molar-refractivity contribution >= 4 is 18.9 Å². The van der Waals surface area contributed by atoms with Gasteiger partial charge in [-0.15, -0.1) is 12.4 Å². The van der Waals surface area contributed by atoms with E-state index < -0.39 is 0 Å². The van der Waals surface area contributed by atoms with Gasteiger partial charge in [0.2, 0.25) is 0 Å². The quantitative estimate of drug-likeness (QED) is 0.605. The van der Waals surface area contributed by atoms with Crippen molar-refractivity contribution < 1.29 is 9.53 Å². The monoisotopic (exact) mass is 165 g/mol. The summed E-state index contributed by atoms with van der Waals surface area (Å²) in [4.78, 5) is 9.80. The zero-order valence-electron chi connectivity index (χ0n) is 5.66. The summed E-state index contributed by atoms with van der Waals surface area (Å²) >= 11 is 0. The van der Waals surface area contributed by atoms with E-state index in [9.17, 15) is 4.79 Å². The van der Waals surface area contributed by atoms with Gasteiger partial charge in [0.05, 0.1) is 0 Å². The van der Waals surface area contributed by atoms with Crippen molar-refractivity contribution in [3.05, 3.63) is 0 Å². The van der Waals surface area contributed by atoms with E-state index in [-0.39, 0.29) is 24.6 Å². The van der Waals surface area contributed by atoms with Crippen LogP contribution >= 0.6 is 12.4 Å². The van der Waals surface area contributed by atoms with E-state index in [0.29, 0.717) is 6.47 Å². The predicted molar refractivity (Wildman–Crippen MR) is 40.0 cm³/mol. The van der Waals surface area contributed by atoms with Crippen molar-refractivity contribution in [2.45, 2.75) is 31.4 Å². The van der Waals surface area contributed by atoms with Crippen LogP contribution in [-0.4, -0.2) is 18.6 Å². The average molecular weight is 166 g/mol. The molecule has 0 bridgehead atoms. The normalized spacial score (nSPS) is 30.9. The van der Waals surface area contributed by atoms with Crippen molar-refractivity contribution in [3.8, 4) is 0 Å². The summed E-state index contributed by atoms with van der Waals surface area (Å²) in [5, 5.41) is 0. The molecule has 0 saturated heterocycles. The molecule has 2 atom stereocenters. The fourth-order valence-electron chi connectivity index (χ4n) is 1.18. The number of halogens is 1. The third-order valence-corrected chi connectivity index (χ3v) is 1.67. The molecule has 1 saturated carbocycles. The maximum atomic E-state index is 9.80. The lowest BCUT2D eigenvalue weighted by molar-refractivity contribution is -0.133. The minimum absolute atomic E-state index is 0. The first-order valence-electron chi connectivity index (χ1n) is 3.17. The number of carbonyl (C=O) groups is 1. The van der Waals surface area contributed by atoms with Gasteiger partial charge < -0.3 is 10.5 Å². The molecule has 0 amide bonds. The highest BCUT2D eigenvalue weighted by Crippen LogP contribution is 2.19. The fraction of sp³-hybridized carbons (Fsp3) is 0.833. The van der Waals surface area contributed by atoms with Gasteiger partial charge in [0.15, 0.2) is 0 Å². The maximum Gasteiger partial charge on any atom is 0.293 e. The zero-order chi connectivity index (χ0) is 6.69. The van der Waals surface area contributed by atoms with Crippen molar-refractivity contribution in [1.29, 1.82) is 0 Å². The fourth-order valence-corrected chi connectivity index (χ4v) is 1.18. The summed E-state index contributed by atoms with van der Waals surface area (Å²) in [6, 6.07) is 0.245. The number of hydrogen-bond donors (Lipinski definition) is 1. The third kappa shape index (κ3) is 2.54. The van der Waals surface area contributed by atoms with Gasteiger partial charge in [-0.1, -0.05) is 0 Å². The topological polar surface area (TPSA) is 52.3 Å². The molecule has 1 aliphatic rings. The lowest BCUT2D eigenvalue weighted by Crippen LogP contribution is -2.17. The Morgan fingerprint density at radius 1 is 1.50 bits per heavy atom. The average Bonchev–Trinajstić information content (AvgIpc) is 2.17. The van der Waals surface area contributed by atoms with Crippen LogP contribution in [0.5, 0.6) is 0 Å². The van der Waals surface area contributed by atoms with Crippen molar-refractivity contribution in [3.63, 3.8) is 0 Å². The van der Waals surface area contributed by atoms with Crippen LogP contribution < -0.4 is 5.73 Å². The zero-order valence-corrected chi connectivity index (χ0v) is 6.47. The standard InChI is InChI=1S/C6H11NO2.ClH/c7-5-1-2-6(3-5)9-4-8;/h4-6H,1-3,7H2;1H. The van der Waals surface area contributed by atoms with Crippen LogP contribution in [-0.2, 0) is 9.53 Å². The van der Waals surface area contributed by atoms with Gasteiger partial charge in [0.25, 0.3) is 6.47 Å². The third-order valence-electron chi connectivity index (χ3n) is 1.67. The van der Waals surface area contributed by atoms with Gasteiger partial charge in [-0.05, 0) is 19.3 Å². The molecule has 0 aromatic rings. The van der Waals surface area contributed by atoms with Gasteiger partial charge in [-0.3, -0.25) is 4.79 Å². The SMILES string of the molecule is Cl.NC1CCC(OC=O)C1. The second-order valence-electron chi connectivity index (χ2n) is 2.43. The Bertz CT molecular complexity index is 110. The van der Waals surface area contributed by atoms with E-state index in [2.05, 4.69) is 0 Å². The molecule has 1 fully saturated rings. The molecule has 1 rings (SSSR count). The molecule has 0 aromatic carbocycles. The summed E-state index contributed by atoms with van der Waals surface area (Å²) < 4.78 is 4.71. The van der Waals surface area contributed by atoms with Gasteiger partial charge in [-0.2, -0.15) is 0 Å². The van der Waals surface area contributed by atoms with Crippen molar-refractivity contribution in [2.24, 2.45) is 5.73 Å². The summed E-state index contributed by atoms with van der Waals surface area (Å²) in [7, 11) is 0. The van der Waals surface area contributed by atoms with Crippen LogP contribution in [0, 0.1) is 0 Å². The van der Waals surface area contributed by atoms with Crippen molar-refractivity contribution in [1.82, 2.24) is 0 Å². The molecule has 0 spiro atoms. The van der Waals surface area contributed by atoms with E-state index in [1.54, 1.807) is 0 Å². The lowest BCUT2D eigenvalue weighted by atomic mass is 10.3. The number of ether oxygens (including phenoxy) is 1. The number of rotatable bonds is 2. The smallest absolute Gasteiger partial charge is 0.293 e. The molecule has 1 aliphatic carbocycles. The molecule has 60 valence electrons. The lowest BCUT2D eigenvalue weighted by Gasteiger charge is -2.04. The van der Waals surface area contributed by atoms with Gasteiger partial charge >= 0.3 is 0 Å². The van der Waals surface area contributed by atoms with E-state index in [1.165, 1.54) is 0 Å². The Labute approximate surface area is 66.3 Å². The van der Waals surface area contributed by atoms with E-state index in [4.69, 9.17) is 10.5 Å². The second kappa shape index (κ2) is 4.52. The number of nitrogens with two attached hydrogens (primary N) is 1. The Morgan fingerprint density at radius 3 is 2.60 bits per heavy atom.